The van der Waals surface area contributed by atoms with Gasteiger partial charge in [-0.1, -0.05) is 17.7 Å². The highest BCUT2D eigenvalue weighted by Gasteiger charge is 2.42. The number of benzene rings is 1. The van der Waals surface area contributed by atoms with Crippen molar-refractivity contribution in [3.8, 4) is 0 Å². The number of hydrogen-bond acceptors (Lipinski definition) is 4. The van der Waals surface area contributed by atoms with Gasteiger partial charge < -0.3 is 15.1 Å². The van der Waals surface area contributed by atoms with E-state index in [9.17, 15) is 9.59 Å². The zero-order valence-corrected chi connectivity index (χ0v) is 17.0. The zero-order valence-electron chi connectivity index (χ0n) is 17.0. The summed E-state index contributed by atoms with van der Waals surface area (Å²) in [5.41, 5.74) is 2.80. The van der Waals surface area contributed by atoms with E-state index >= 15 is 0 Å². The minimum absolute atomic E-state index is 0.0152. The molecule has 2 heterocycles. The van der Waals surface area contributed by atoms with Crippen LogP contribution in [0.5, 0.6) is 0 Å². The molecule has 2 fully saturated rings. The van der Waals surface area contributed by atoms with Crippen LogP contribution in [0.1, 0.15) is 30.4 Å². The number of anilines is 1. The van der Waals surface area contributed by atoms with Gasteiger partial charge in [0, 0.05) is 30.9 Å². The van der Waals surface area contributed by atoms with Crippen molar-refractivity contribution in [2.45, 2.75) is 38.6 Å². The largest absolute Gasteiger partial charge is 0.333 e. The number of piperidine rings is 1. The lowest BCUT2D eigenvalue weighted by Gasteiger charge is -2.47. The Morgan fingerprint density at radius 1 is 1.04 bits per heavy atom. The van der Waals surface area contributed by atoms with Crippen LogP contribution in [0.15, 0.2) is 18.2 Å². The molecule has 1 spiro atoms. The molecule has 148 valence electrons. The van der Waals surface area contributed by atoms with Gasteiger partial charge in [-0.25, -0.2) is 0 Å². The SMILES string of the molecule is Cc1ccc(NC(=O)C(=O)N2CCCN(C)C3(CCN(C)CC3)C2)c(C)c1. The van der Waals surface area contributed by atoms with Crippen LogP contribution in [-0.2, 0) is 9.59 Å². The van der Waals surface area contributed by atoms with E-state index in [1.807, 2.05) is 32.0 Å². The monoisotopic (exact) mass is 372 g/mol. The highest BCUT2D eigenvalue weighted by Crippen LogP contribution is 2.31. The Hall–Kier alpha value is -1.92. The number of carbonyl (C=O) groups excluding carboxylic acids is 2. The van der Waals surface area contributed by atoms with E-state index in [1.165, 1.54) is 0 Å². The van der Waals surface area contributed by atoms with Gasteiger partial charge in [-0.3, -0.25) is 14.5 Å². The summed E-state index contributed by atoms with van der Waals surface area (Å²) in [5, 5.41) is 2.81. The molecule has 1 N–H and O–H groups in total. The molecule has 0 aliphatic carbocycles. The van der Waals surface area contributed by atoms with Gasteiger partial charge in [0.05, 0.1) is 0 Å². The van der Waals surface area contributed by atoms with Crippen molar-refractivity contribution in [3.63, 3.8) is 0 Å². The van der Waals surface area contributed by atoms with Crippen LogP contribution >= 0.6 is 0 Å². The second-order valence-electron chi connectivity index (χ2n) is 8.30. The Morgan fingerprint density at radius 3 is 2.41 bits per heavy atom. The molecule has 0 aromatic heterocycles. The first-order valence-corrected chi connectivity index (χ1v) is 9.88. The molecular formula is C21H32N4O2. The fourth-order valence-corrected chi connectivity index (χ4v) is 4.31. The Balaban J connectivity index is 1.72. The molecule has 6 nitrogen and oxygen atoms in total. The highest BCUT2D eigenvalue weighted by molar-refractivity contribution is 6.39. The lowest BCUT2D eigenvalue weighted by molar-refractivity contribution is -0.144. The Morgan fingerprint density at radius 2 is 1.74 bits per heavy atom. The maximum Gasteiger partial charge on any atom is 0.313 e. The Bertz CT molecular complexity index is 710. The summed E-state index contributed by atoms with van der Waals surface area (Å²) in [5.74, 6) is -0.946. The molecule has 0 radical (unpaired) electrons. The number of carbonyl (C=O) groups is 2. The summed E-state index contributed by atoms with van der Waals surface area (Å²) in [6.07, 6.45) is 2.96. The van der Waals surface area contributed by atoms with Crippen LogP contribution in [0.3, 0.4) is 0 Å². The summed E-state index contributed by atoms with van der Waals surface area (Å²) in [6.45, 7) is 8.26. The number of likely N-dealkylation sites (N-methyl/N-ethyl adjacent to an activating group) is 1. The predicted molar refractivity (Wildman–Crippen MR) is 108 cm³/mol. The maximum atomic E-state index is 12.9. The molecule has 0 saturated carbocycles. The average Bonchev–Trinajstić information content (AvgIpc) is 2.79. The van der Waals surface area contributed by atoms with Crippen molar-refractivity contribution < 1.29 is 9.59 Å². The summed E-state index contributed by atoms with van der Waals surface area (Å²) in [4.78, 5) is 32.1. The fourth-order valence-electron chi connectivity index (χ4n) is 4.31. The van der Waals surface area contributed by atoms with Gasteiger partial charge in [0.15, 0.2) is 0 Å². The van der Waals surface area contributed by atoms with Gasteiger partial charge >= 0.3 is 11.8 Å². The van der Waals surface area contributed by atoms with Crippen molar-refractivity contribution in [2.24, 2.45) is 0 Å². The van der Waals surface area contributed by atoms with Crippen LogP contribution in [0.2, 0.25) is 0 Å². The quantitative estimate of drug-likeness (QED) is 0.765. The van der Waals surface area contributed by atoms with Crippen molar-refractivity contribution in [1.29, 1.82) is 0 Å². The van der Waals surface area contributed by atoms with E-state index < -0.39 is 11.8 Å². The molecule has 0 unspecified atom stereocenters. The van der Waals surface area contributed by atoms with E-state index in [-0.39, 0.29) is 5.54 Å². The van der Waals surface area contributed by atoms with Crippen molar-refractivity contribution in [2.75, 3.05) is 52.1 Å². The smallest absolute Gasteiger partial charge is 0.313 e. The number of likely N-dealkylation sites (tertiary alicyclic amines) is 1. The van der Waals surface area contributed by atoms with Crippen molar-refractivity contribution in [3.05, 3.63) is 29.3 Å². The van der Waals surface area contributed by atoms with Gasteiger partial charge in [0.1, 0.15) is 0 Å². The molecule has 2 aliphatic rings. The second-order valence-corrected chi connectivity index (χ2v) is 8.30. The second kappa shape index (κ2) is 7.98. The molecule has 1 aromatic carbocycles. The minimum Gasteiger partial charge on any atom is -0.333 e. The van der Waals surface area contributed by atoms with E-state index in [4.69, 9.17) is 0 Å². The van der Waals surface area contributed by atoms with Crippen molar-refractivity contribution >= 4 is 17.5 Å². The molecule has 1 aromatic rings. The van der Waals surface area contributed by atoms with Crippen LogP contribution in [0.25, 0.3) is 0 Å². The number of amides is 2. The normalized spacial score (nSPS) is 21.1. The molecular weight excluding hydrogens is 340 g/mol. The van der Waals surface area contributed by atoms with Gasteiger partial charge in [0.25, 0.3) is 0 Å². The molecule has 2 saturated heterocycles. The predicted octanol–water partition coefficient (Wildman–Crippen LogP) is 1.87. The average molecular weight is 373 g/mol. The molecule has 0 bridgehead atoms. The van der Waals surface area contributed by atoms with Crippen LogP contribution in [0.4, 0.5) is 5.69 Å². The Labute approximate surface area is 162 Å². The van der Waals surface area contributed by atoms with Crippen LogP contribution in [-0.4, -0.2) is 78.9 Å². The summed E-state index contributed by atoms with van der Waals surface area (Å²) in [7, 11) is 4.30. The lowest BCUT2D eigenvalue weighted by atomic mass is 9.85. The van der Waals surface area contributed by atoms with Crippen molar-refractivity contribution in [1.82, 2.24) is 14.7 Å². The van der Waals surface area contributed by atoms with E-state index in [1.54, 1.807) is 4.90 Å². The third-order valence-corrected chi connectivity index (χ3v) is 6.25. The number of nitrogens with zero attached hydrogens (tertiary/aromatic N) is 3. The molecule has 6 heteroatoms. The molecule has 0 atom stereocenters. The first kappa shape index (κ1) is 19.8. The number of nitrogens with one attached hydrogen (secondary N) is 1. The standard InChI is InChI=1S/C21H32N4O2/c1-16-6-7-18(17(2)14-16)22-19(26)20(27)25-11-5-10-24(4)21(15-25)8-12-23(3)13-9-21/h6-7,14H,5,8-13,15H2,1-4H3,(H,22,26). The molecule has 27 heavy (non-hydrogen) atoms. The zero-order chi connectivity index (χ0) is 19.6. The topological polar surface area (TPSA) is 55.9 Å². The van der Waals surface area contributed by atoms with Gasteiger partial charge in [-0.15, -0.1) is 0 Å². The summed E-state index contributed by atoms with van der Waals surface area (Å²) >= 11 is 0. The molecule has 3 rings (SSSR count). The third kappa shape index (κ3) is 4.33. The minimum atomic E-state index is -0.533. The van der Waals surface area contributed by atoms with Gasteiger partial charge in [0.2, 0.25) is 0 Å². The first-order valence-electron chi connectivity index (χ1n) is 9.88. The van der Waals surface area contributed by atoms with Gasteiger partial charge in [-0.05, 0) is 71.9 Å². The highest BCUT2D eigenvalue weighted by atomic mass is 16.2. The molecule has 2 aliphatic heterocycles. The van der Waals surface area contributed by atoms with Gasteiger partial charge in [-0.2, -0.15) is 0 Å². The van der Waals surface area contributed by atoms with Crippen LogP contribution < -0.4 is 5.32 Å². The number of hydrogen-bond donors (Lipinski definition) is 1. The molecule has 2 amide bonds. The van der Waals surface area contributed by atoms with E-state index in [0.29, 0.717) is 18.8 Å². The maximum absolute atomic E-state index is 12.9. The lowest BCUT2D eigenvalue weighted by Crippen LogP contribution is -2.59. The fraction of sp³-hybridized carbons (Fsp3) is 0.619. The first-order chi connectivity index (χ1) is 12.8. The van der Waals surface area contributed by atoms with Crippen LogP contribution in [0, 0.1) is 13.8 Å². The Kier molecular flexibility index (Phi) is 5.86. The number of rotatable bonds is 1. The summed E-state index contributed by atoms with van der Waals surface area (Å²) in [6, 6.07) is 5.82. The third-order valence-electron chi connectivity index (χ3n) is 6.25. The van der Waals surface area contributed by atoms with E-state index in [0.717, 1.165) is 50.0 Å². The van der Waals surface area contributed by atoms with E-state index in [2.05, 4.69) is 29.2 Å². The number of aryl methyl sites for hydroxylation is 2. The summed E-state index contributed by atoms with van der Waals surface area (Å²) < 4.78 is 0.